The zero-order valence-corrected chi connectivity index (χ0v) is 11.4. The minimum absolute atomic E-state index is 0.526. The largest absolute Gasteiger partial charge is 0.337 e. The number of benzene rings is 1. The molecule has 0 aliphatic heterocycles. The van der Waals surface area contributed by atoms with Crippen molar-refractivity contribution in [3.8, 4) is 0 Å². The van der Waals surface area contributed by atoms with Crippen LogP contribution in [0.25, 0.3) is 11.0 Å². The fourth-order valence-electron chi connectivity index (χ4n) is 2.55. The zero-order valence-electron chi connectivity index (χ0n) is 11.4. The molecule has 5 nitrogen and oxygen atoms in total. The van der Waals surface area contributed by atoms with Crippen molar-refractivity contribution in [2.45, 2.75) is 38.6 Å². The summed E-state index contributed by atoms with van der Waals surface area (Å²) in [6, 6.07) is 8.16. The maximum absolute atomic E-state index is 5.38. The molecule has 5 heteroatoms. The maximum Gasteiger partial charge on any atom is 0.246 e. The van der Waals surface area contributed by atoms with Crippen LogP contribution in [-0.2, 0) is 13.0 Å². The first-order chi connectivity index (χ1) is 9.85. The van der Waals surface area contributed by atoms with Gasteiger partial charge in [-0.25, -0.2) is 4.98 Å². The molecular formula is C15H16N4O. The lowest BCUT2D eigenvalue weighted by molar-refractivity contribution is 0.366. The molecule has 1 aromatic carbocycles. The van der Waals surface area contributed by atoms with E-state index in [4.69, 9.17) is 4.52 Å². The van der Waals surface area contributed by atoms with Crippen LogP contribution in [-0.4, -0.2) is 19.7 Å². The van der Waals surface area contributed by atoms with E-state index in [1.54, 1.807) is 0 Å². The molecule has 102 valence electrons. The highest BCUT2D eigenvalue weighted by molar-refractivity contribution is 5.75. The van der Waals surface area contributed by atoms with Crippen LogP contribution < -0.4 is 0 Å². The van der Waals surface area contributed by atoms with Crippen molar-refractivity contribution >= 4 is 11.0 Å². The zero-order chi connectivity index (χ0) is 13.5. The third kappa shape index (κ3) is 1.90. The minimum atomic E-state index is 0.526. The lowest BCUT2D eigenvalue weighted by Gasteiger charge is -2.04. The molecule has 0 spiro atoms. The van der Waals surface area contributed by atoms with Gasteiger partial charge >= 0.3 is 0 Å². The number of hydrogen-bond acceptors (Lipinski definition) is 4. The Morgan fingerprint density at radius 2 is 2.10 bits per heavy atom. The van der Waals surface area contributed by atoms with E-state index in [1.807, 2.05) is 18.2 Å². The van der Waals surface area contributed by atoms with Crippen LogP contribution in [0.15, 0.2) is 28.8 Å². The van der Waals surface area contributed by atoms with Crippen molar-refractivity contribution in [2.24, 2.45) is 0 Å². The Kier molecular flexibility index (Phi) is 2.58. The quantitative estimate of drug-likeness (QED) is 0.730. The van der Waals surface area contributed by atoms with Gasteiger partial charge in [0.15, 0.2) is 5.82 Å². The minimum Gasteiger partial charge on any atom is -0.337 e. The number of para-hydroxylation sites is 2. The van der Waals surface area contributed by atoms with Gasteiger partial charge in [0.2, 0.25) is 5.89 Å². The second-order valence-corrected chi connectivity index (χ2v) is 5.28. The van der Waals surface area contributed by atoms with E-state index >= 15 is 0 Å². The molecule has 0 unspecified atom stereocenters. The maximum atomic E-state index is 5.38. The number of hydrogen-bond donors (Lipinski definition) is 0. The van der Waals surface area contributed by atoms with Crippen molar-refractivity contribution in [2.75, 3.05) is 0 Å². The summed E-state index contributed by atoms with van der Waals surface area (Å²) in [5.74, 6) is 3.11. The molecule has 0 atom stereocenters. The molecule has 20 heavy (non-hydrogen) atoms. The Hall–Kier alpha value is -2.17. The molecule has 1 fully saturated rings. The molecule has 2 heterocycles. The molecule has 0 N–H and O–H groups in total. The van der Waals surface area contributed by atoms with Crippen LogP contribution in [0.2, 0.25) is 0 Å². The van der Waals surface area contributed by atoms with E-state index in [9.17, 15) is 0 Å². The summed E-state index contributed by atoms with van der Waals surface area (Å²) in [6.07, 6.45) is 3.26. The average Bonchev–Trinajstić information content (AvgIpc) is 3.13. The highest BCUT2D eigenvalue weighted by atomic mass is 16.5. The van der Waals surface area contributed by atoms with Gasteiger partial charge in [0, 0.05) is 12.3 Å². The predicted molar refractivity (Wildman–Crippen MR) is 74.5 cm³/mol. The first-order valence-electron chi connectivity index (χ1n) is 7.11. The first-order valence-corrected chi connectivity index (χ1v) is 7.11. The molecule has 3 aromatic rings. The number of fused-ring (bicyclic) bond motifs is 1. The average molecular weight is 268 g/mol. The van der Waals surface area contributed by atoms with E-state index < -0.39 is 0 Å². The van der Waals surface area contributed by atoms with Crippen molar-refractivity contribution in [3.05, 3.63) is 41.8 Å². The highest BCUT2D eigenvalue weighted by Crippen LogP contribution is 2.38. The van der Waals surface area contributed by atoms with Gasteiger partial charge in [0.1, 0.15) is 12.4 Å². The fourth-order valence-corrected chi connectivity index (χ4v) is 2.55. The Morgan fingerprint density at radius 1 is 1.25 bits per heavy atom. The molecule has 0 bridgehead atoms. The number of nitrogens with zero attached hydrogens (tertiary/aromatic N) is 4. The van der Waals surface area contributed by atoms with Gasteiger partial charge < -0.3 is 9.09 Å². The van der Waals surface area contributed by atoms with Gasteiger partial charge in [-0.2, -0.15) is 4.98 Å². The molecule has 0 saturated heterocycles. The van der Waals surface area contributed by atoms with Gasteiger partial charge in [-0.15, -0.1) is 0 Å². The molecule has 4 rings (SSSR count). The summed E-state index contributed by atoms with van der Waals surface area (Å²) >= 11 is 0. The lowest BCUT2D eigenvalue weighted by Crippen LogP contribution is -2.04. The smallest absolute Gasteiger partial charge is 0.246 e. The van der Waals surface area contributed by atoms with Crippen LogP contribution >= 0.6 is 0 Å². The second kappa shape index (κ2) is 4.44. The van der Waals surface area contributed by atoms with Gasteiger partial charge in [-0.05, 0) is 25.0 Å². The molecular weight excluding hydrogens is 252 g/mol. The molecule has 1 aliphatic rings. The Balaban J connectivity index is 1.72. The van der Waals surface area contributed by atoms with Crippen LogP contribution in [0.1, 0.15) is 43.2 Å². The van der Waals surface area contributed by atoms with Gasteiger partial charge in [0.25, 0.3) is 0 Å². The molecule has 1 aliphatic carbocycles. The fraction of sp³-hybridized carbons (Fsp3) is 0.400. The highest BCUT2D eigenvalue weighted by Gasteiger charge is 2.28. The van der Waals surface area contributed by atoms with Crippen LogP contribution in [0, 0.1) is 0 Å². The van der Waals surface area contributed by atoms with Crippen molar-refractivity contribution < 1.29 is 4.52 Å². The van der Waals surface area contributed by atoms with Crippen LogP contribution in [0.3, 0.4) is 0 Å². The third-order valence-corrected chi connectivity index (χ3v) is 3.77. The Bertz CT molecular complexity index is 754. The van der Waals surface area contributed by atoms with Gasteiger partial charge in [-0.3, -0.25) is 0 Å². The SMILES string of the molecule is CCc1nc2ccccc2n1Cc1nc(C2CC2)no1. The normalized spacial score (nSPS) is 15.1. The van der Waals surface area contributed by atoms with E-state index in [0.717, 1.165) is 29.1 Å². The van der Waals surface area contributed by atoms with Gasteiger partial charge in [0.05, 0.1) is 11.0 Å². The van der Waals surface area contributed by atoms with Crippen molar-refractivity contribution in [3.63, 3.8) is 0 Å². The summed E-state index contributed by atoms with van der Waals surface area (Å²) in [5.41, 5.74) is 2.14. The van der Waals surface area contributed by atoms with Crippen LogP contribution in [0.4, 0.5) is 0 Å². The Morgan fingerprint density at radius 3 is 2.90 bits per heavy atom. The summed E-state index contributed by atoms with van der Waals surface area (Å²) in [4.78, 5) is 9.16. The number of aromatic nitrogens is 4. The number of imidazole rings is 1. The van der Waals surface area contributed by atoms with Crippen molar-refractivity contribution in [1.29, 1.82) is 0 Å². The second-order valence-electron chi connectivity index (χ2n) is 5.28. The predicted octanol–water partition coefficient (Wildman–Crippen LogP) is 2.91. The first kappa shape index (κ1) is 11.6. The van der Waals surface area contributed by atoms with E-state index in [2.05, 4.69) is 32.7 Å². The van der Waals surface area contributed by atoms with E-state index in [0.29, 0.717) is 18.4 Å². The summed E-state index contributed by atoms with van der Waals surface area (Å²) < 4.78 is 7.54. The monoisotopic (exact) mass is 268 g/mol. The van der Waals surface area contributed by atoms with E-state index in [-0.39, 0.29) is 0 Å². The summed E-state index contributed by atoms with van der Waals surface area (Å²) in [5, 5.41) is 4.07. The van der Waals surface area contributed by atoms with E-state index in [1.165, 1.54) is 12.8 Å². The standard InChI is InChI=1S/C15H16N4O/c1-2-13-16-11-5-3-4-6-12(11)19(13)9-14-17-15(18-20-14)10-7-8-10/h3-6,10H,2,7-9H2,1H3. The summed E-state index contributed by atoms with van der Waals surface area (Å²) in [6.45, 7) is 2.71. The van der Waals surface area contributed by atoms with Crippen molar-refractivity contribution in [1.82, 2.24) is 19.7 Å². The molecule has 0 radical (unpaired) electrons. The molecule has 1 saturated carbocycles. The lowest BCUT2D eigenvalue weighted by atomic mass is 10.3. The number of rotatable bonds is 4. The molecule has 0 amide bonds. The Labute approximate surface area is 116 Å². The third-order valence-electron chi connectivity index (χ3n) is 3.77. The molecule has 2 aromatic heterocycles. The topological polar surface area (TPSA) is 56.7 Å². The van der Waals surface area contributed by atoms with Gasteiger partial charge in [-0.1, -0.05) is 24.2 Å². The number of aryl methyl sites for hydroxylation is 1. The summed E-state index contributed by atoms with van der Waals surface area (Å²) in [7, 11) is 0. The van der Waals surface area contributed by atoms with Crippen LogP contribution in [0.5, 0.6) is 0 Å².